The molecule has 22 heavy (non-hydrogen) atoms. The van der Waals surface area contributed by atoms with Gasteiger partial charge in [-0.25, -0.2) is 0 Å². The fourth-order valence-corrected chi connectivity index (χ4v) is 2.83. The van der Waals surface area contributed by atoms with Crippen LogP contribution in [0.3, 0.4) is 0 Å². The Morgan fingerprint density at radius 1 is 1.00 bits per heavy atom. The average molecular weight is 305 g/mol. The molecule has 0 unspecified atom stereocenters. The maximum Gasteiger partial charge on any atom is 0.247 e. The summed E-state index contributed by atoms with van der Waals surface area (Å²) in [7, 11) is 2.13. The van der Waals surface area contributed by atoms with Crippen LogP contribution in [0.2, 0.25) is 0 Å². The Bertz CT molecular complexity index is 522. The van der Waals surface area contributed by atoms with Gasteiger partial charge in [0.15, 0.2) is 5.82 Å². The zero-order chi connectivity index (χ0) is 15.5. The van der Waals surface area contributed by atoms with Crippen molar-refractivity contribution >= 4 is 17.7 Å². The first-order valence-electron chi connectivity index (χ1n) is 7.77. The molecule has 0 bridgehead atoms. The van der Waals surface area contributed by atoms with Gasteiger partial charge in [-0.3, -0.25) is 4.79 Å². The molecule has 0 saturated carbocycles. The first kappa shape index (κ1) is 15.0. The minimum Gasteiger partial charge on any atom is -0.352 e. The standard InChI is InChI=1S/C14H23N7O/c1-12(22)19-7-9-20(10-8-19)13-11-15-17-14(16-13)21-5-3-18(2)4-6-21/h11H,3-10H2,1-2H3. The number of carbonyl (C=O) groups is 1. The van der Waals surface area contributed by atoms with E-state index in [9.17, 15) is 4.79 Å². The predicted octanol–water partition coefficient (Wildman–Crippen LogP) is -0.708. The van der Waals surface area contributed by atoms with Crippen LogP contribution in [-0.2, 0) is 4.79 Å². The van der Waals surface area contributed by atoms with Crippen LogP contribution in [0, 0.1) is 0 Å². The molecule has 1 aromatic heterocycles. The Balaban J connectivity index is 1.66. The minimum atomic E-state index is 0.138. The first-order chi connectivity index (χ1) is 10.6. The van der Waals surface area contributed by atoms with Crippen molar-refractivity contribution < 1.29 is 4.79 Å². The van der Waals surface area contributed by atoms with E-state index in [2.05, 4.69) is 36.9 Å². The summed E-state index contributed by atoms with van der Waals surface area (Å²) in [5.74, 6) is 1.70. The Hall–Kier alpha value is -1.96. The molecule has 8 nitrogen and oxygen atoms in total. The van der Waals surface area contributed by atoms with Gasteiger partial charge in [-0.05, 0) is 7.05 Å². The fraction of sp³-hybridized carbons (Fsp3) is 0.714. The third-order valence-electron chi connectivity index (χ3n) is 4.37. The number of piperazine rings is 2. The van der Waals surface area contributed by atoms with Crippen LogP contribution in [0.4, 0.5) is 11.8 Å². The van der Waals surface area contributed by atoms with Gasteiger partial charge in [0.1, 0.15) is 0 Å². The molecule has 2 saturated heterocycles. The molecule has 1 aromatic rings. The summed E-state index contributed by atoms with van der Waals surface area (Å²) in [4.78, 5) is 24.6. The lowest BCUT2D eigenvalue weighted by molar-refractivity contribution is -0.129. The highest BCUT2D eigenvalue weighted by Crippen LogP contribution is 2.16. The molecule has 120 valence electrons. The topological polar surface area (TPSA) is 68.7 Å². The van der Waals surface area contributed by atoms with Crippen LogP contribution in [-0.4, -0.2) is 90.3 Å². The number of likely N-dealkylation sites (N-methyl/N-ethyl adjacent to an activating group) is 1. The maximum absolute atomic E-state index is 11.4. The van der Waals surface area contributed by atoms with E-state index in [1.54, 1.807) is 13.1 Å². The van der Waals surface area contributed by atoms with Crippen molar-refractivity contribution in [2.75, 3.05) is 69.2 Å². The van der Waals surface area contributed by atoms with Crippen molar-refractivity contribution in [3.8, 4) is 0 Å². The molecule has 0 spiro atoms. The first-order valence-corrected chi connectivity index (χ1v) is 7.77. The van der Waals surface area contributed by atoms with Crippen LogP contribution in [0.15, 0.2) is 6.20 Å². The largest absolute Gasteiger partial charge is 0.352 e. The molecule has 8 heteroatoms. The van der Waals surface area contributed by atoms with Gasteiger partial charge >= 0.3 is 0 Å². The smallest absolute Gasteiger partial charge is 0.247 e. The van der Waals surface area contributed by atoms with Crippen LogP contribution in [0.1, 0.15) is 6.92 Å². The van der Waals surface area contributed by atoms with E-state index in [1.165, 1.54) is 0 Å². The van der Waals surface area contributed by atoms with E-state index in [0.29, 0.717) is 5.95 Å². The van der Waals surface area contributed by atoms with Gasteiger partial charge in [0.2, 0.25) is 11.9 Å². The van der Waals surface area contributed by atoms with Gasteiger partial charge in [0.05, 0.1) is 6.20 Å². The van der Waals surface area contributed by atoms with Crippen LogP contribution >= 0.6 is 0 Å². The molecule has 2 fully saturated rings. The third-order valence-corrected chi connectivity index (χ3v) is 4.37. The average Bonchev–Trinajstić information content (AvgIpc) is 2.56. The Morgan fingerprint density at radius 3 is 2.27 bits per heavy atom. The van der Waals surface area contributed by atoms with Gasteiger partial charge in [0.25, 0.3) is 0 Å². The van der Waals surface area contributed by atoms with E-state index < -0.39 is 0 Å². The van der Waals surface area contributed by atoms with E-state index in [-0.39, 0.29) is 5.91 Å². The Labute approximate surface area is 130 Å². The number of nitrogens with zero attached hydrogens (tertiary/aromatic N) is 7. The number of hydrogen-bond acceptors (Lipinski definition) is 7. The molecule has 1 amide bonds. The van der Waals surface area contributed by atoms with Crippen molar-refractivity contribution in [3.63, 3.8) is 0 Å². The van der Waals surface area contributed by atoms with E-state index >= 15 is 0 Å². The lowest BCUT2D eigenvalue weighted by Gasteiger charge is -2.35. The quantitative estimate of drug-likeness (QED) is 0.715. The Morgan fingerprint density at radius 2 is 1.64 bits per heavy atom. The molecule has 0 radical (unpaired) electrons. The van der Waals surface area contributed by atoms with Crippen molar-refractivity contribution in [2.45, 2.75) is 6.92 Å². The Kier molecular flexibility index (Phi) is 4.37. The minimum absolute atomic E-state index is 0.138. The number of amides is 1. The summed E-state index contributed by atoms with van der Waals surface area (Å²) >= 11 is 0. The summed E-state index contributed by atoms with van der Waals surface area (Å²) in [6.45, 7) is 8.58. The van der Waals surface area contributed by atoms with Crippen LogP contribution < -0.4 is 9.80 Å². The molecular weight excluding hydrogens is 282 g/mol. The van der Waals surface area contributed by atoms with Gasteiger partial charge in [-0.15, -0.1) is 5.10 Å². The summed E-state index contributed by atoms with van der Waals surface area (Å²) in [5.41, 5.74) is 0. The molecule has 3 rings (SSSR count). The second-order valence-corrected chi connectivity index (χ2v) is 5.90. The number of anilines is 2. The summed E-state index contributed by atoms with van der Waals surface area (Å²) < 4.78 is 0. The van der Waals surface area contributed by atoms with Gasteiger partial charge in [0, 0.05) is 59.3 Å². The number of aromatic nitrogens is 3. The summed E-state index contributed by atoms with van der Waals surface area (Å²) in [6, 6.07) is 0. The van der Waals surface area contributed by atoms with Crippen LogP contribution in [0.5, 0.6) is 0 Å². The van der Waals surface area contributed by atoms with Crippen molar-refractivity contribution in [1.82, 2.24) is 25.0 Å². The SMILES string of the molecule is CC(=O)N1CCN(c2cnnc(N3CCN(C)CC3)n2)CC1. The monoisotopic (exact) mass is 305 g/mol. The summed E-state index contributed by atoms with van der Waals surface area (Å²) in [5, 5.41) is 8.30. The highest BCUT2D eigenvalue weighted by molar-refractivity contribution is 5.73. The van der Waals surface area contributed by atoms with E-state index in [4.69, 9.17) is 0 Å². The highest BCUT2D eigenvalue weighted by atomic mass is 16.2. The molecule has 0 N–H and O–H groups in total. The third kappa shape index (κ3) is 3.27. The maximum atomic E-state index is 11.4. The van der Waals surface area contributed by atoms with E-state index in [1.807, 2.05) is 4.90 Å². The highest BCUT2D eigenvalue weighted by Gasteiger charge is 2.22. The van der Waals surface area contributed by atoms with Crippen molar-refractivity contribution in [2.24, 2.45) is 0 Å². The zero-order valence-electron chi connectivity index (χ0n) is 13.3. The lowest BCUT2D eigenvalue weighted by atomic mass is 10.3. The van der Waals surface area contributed by atoms with Crippen molar-refractivity contribution in [1.29, 1.82) is 0 Å². The molecule has 2 aliphatic rings. The van der Waals surface area contributed by atoms with E-state index in [0.717, 1.165) is 58.2 Å². The van der Waals surface area contributed by atoms with Gasteiger partial charge < -0.3 is 19.6 Å². The van der Waals surface area contributed by atoms with Gasteiger partial charge in [-0.1, -0.05) is 0 Å². The second-order valence-electron chi connectivity index (χ2n) is 5.90. The normalized spacial score (nSPS) is 20.4. The molecule has 0 aromatic carbocycles. The van der Waals surface area contributed by atoms with Crippen molar-refractivity contribution in [3.05, 3.63) is 6.20 Å². The van der Waals surface area contributed by atoms with Gasteiger partial charge in [-0.2, -0.15) is 10.1 Å². The molecule has 3 heterocycles. The number of carbonyl (C=O) groups excluding carboxylic acids is 1. The molecular formula is C14H23N7O. The molecule has 2 aliphatic heterocycles. The molecule has 0 atom stereocenters. The zero-order valence-corrected chi connectivity index (χ0v) is 13.3. The second kappa shape index (κ2) is 6.43. The number of hydrogen-bond donors (Lipinski definition) is 0. The van der Waals surface area contributed by atoms with Crippen LogP contribution in [0.25, 0.3) is 0 Å². The molecule has 0 aliphatic carbocycles. The number of rotatable bonds is 2. The fourth-order valence-electron chi connectivity index (χ4n) is 2.83. The lowest BCUT2D eigenvalue weighted by Crippen LogP contribution is -2.48. The summed E-state index contributed by atoms with van der Waals surface area (Å²) in [6.07, 6.45) is 1.71. The predicted molar refractivity (Wildman–Crippen MR) is 84.0 cm³/mol.